The average molecular weight is 370 g/mol. The molecule has 2 heterocycles. The lowest BCUT2D eigenvalue weighted by atomic mass is 9.94. The van der Waals surface area contributed by atoms with Crippen molar-refractivity contribution in [3.8, 4) is 0 Å². The van der Waals surface area contributed by atoms with Crippen LogP contribution in [-0.2, 0) is 22.7 Å². The molecular formula is C20H26N4O3. The van der Waals surface area contributed by atoms with Crippen LogP contribution in [-0.4, -0.2) is 40.7 Å². The zero-order valence-electron chi connectivity index (χ0n) is 15.6. The Hall–Kier alpha value is -2.25. The fourth-order valence-corrected chi connectivity index (χ4v) is 4.24. The van der Waals surface area contributed by atoms with Crippen LogP contribution in [0.1, 0.15) is 54.1 Å². The van der Waals surface area contributed by atoms with E-state index in [0.717, 1.165) is 11.1 Å². The summed E-state index contributed by atoms with van der Waals surface area (Å²) in [5.74, 6) is -0.185. The minimum absolute atomic E-state index is 0.117. The van der Waals surface area contributed by atoms with Gasteiger partial charge in [0.15, 0.2) is 0 Å². The van der Waals surface area contributed by atoms with E-state index >= 15 is 0 Å². The predicted molar refractivity (Wildman–Crippen MR) is 99.5 cm³/mol. The summed E-state index contributed by atoms with van der Waals surface area (Å²) in [7, 11) is 0. The van der Waals surface area contributed by atoms with Crippen LogP contribution in [0, 0.1) is 5.92 Å². The number of nitrogens with two attached hydrogens (primary N) is 1. The van der Waals surface area contributed by atoms with Gasteiger partial charge in [-0.25, -0.2) is 0 Å². The van der Waals surface area contributed by atoms with E-state index in [4.69, 9.17) is 5.73 Å². The predicted octanol–water partition coefficient (Wildman–Crippen LogP) is 0.665. The van der Waals surface area contributed by atoms with Crippen molar-refractivity contribution in [1.82, 2.24) is 15.5 Å². The van der Waals surface area contributed by atoms with Crippen molar-refractivity contribution in [2.75, 3.05) is 6.54 Å². The number of carbonyl (C=O) groups is 3. The highest BCUT2D eigenvalue weighted by atomic mass is 16.2. The number of hydrogen-bond donors (Lipinski definition) is 3. The van der Waals surface area contributed by atoms with Crippen molar-refractivity contribution < 1.29 is 14.4 Å². The van der Waals surface area contributed by atoms with Gasteiger partial charge >= 0.3 is 0 Å². The Labute approximate surface area is 158 Å². The van der Waals surface area contributed by atoms with Gasteiger partial charge in [-0.3, -0.25) is 19.7 Å². The van der Waals surface area contributed by atoms with Gasteiger partial charge < -0.3 is 16.0 Å². The van der Waals surface area contributed by atoms with E-state index in [2.05, 4.69) is 17.6 Å². The van der Waals surface area contributed by atoms with Gasteiger partial charge in [0.2, 0.25) is 11.8 Å². The summed E-state index contributed by atoms with van der Waals surface area (Å²) in [4.78, 5) is 38.3. The SMILES string of the molecule is CC(CN)(NCc1cccc2c1C(=O)N(C1CCC(=O)NC1=O)C2)C1CC1. The monoisotopic (exact) mass is 370 g/mol. The molecule has 2 aliphatic heterocycles. The first kappa shape index (κ1) is 18.1. The second-order valence-corrected chi connectivity index (χ2v) is 8.10. The summed E-state index contributed by atoms with van der Waals surface area (Å²) in [6, 6.07) is 5.27. The molecule has 0 spiro atoms. The lowest BCUT2D eigenvalue weighted by Gasteiger charge is -2.30. The summed E-state index contributed by atoms with van der Waals surface area (Å²) >= 11 is 0. The molecule has 144 valence electrons. The van der Waals surface area contributed by atoms with Crippen LogP contribution in [0.15, 0.2) is 18.2 Å². The largest absolute Gasteiger partial charge is 0.329 e. The van der Waals surface area contributed by atoms with Gasteiger partial charge in [0.05, 0.1) is 0 Å². The molecule has 4 rings (SSSR count). The number of imide groups is 1. The highest BCUT2D eigenvalue weighted by molar-refractivity contribution is 6.05. The lowest BCUT2D eigenvalue weighted by molar-refractivity contribution is -0.136. The third-order valence-corrected chi connectivity index (χ3v) is 6.22. The van der Waals surface area contributed by atoms with E-state index in [1.54, 1.807) is 4.90 Å². The van der Waals surface area contributed by atoms with E-state index < -0.39 is 6.04 Å². The van der Waals surface area contributed by atoms with Crippen LogP contribution < -0.4 is 16.4 Å². The van der Waals surface area contributed by atoms with Crippen molar-refractivity contribution in [3.63, 3.8) is 0 Å². The summed E-state index contributed by atoms with van der Waals surface area (Å²) in [6.07, 6.45) is 3.03. The summed E-state index contributed by atoms with van der Waals surface area (Å²) < 4.78 is 0. The summed E-state index contributed by atoms with van der Waals surface area (Å²) in [6.45, 7) is 3.68. The smallest absolute Gasteiger partial charge is 0.255 e. The Balaban J connectivity index is 1.53. The first-order chi connectivity index (χ1) is 12.9. The molecule has 1 aromatic carbocycles. The van der Waals surface area contributed by atoms with Gasteiger partial charge in [-0.2, -0.15) is 0 Å². The Kier molecular flexibility index (Phi) is 4.52. The number of benzene rings is 1. The number of amides is 3. The molecular weight excluding hydrogens is 344 g/mol. The van der Waals surface area contributed by atoms with Gasteiger partial charge in [0, 0.05) is 37.2 Å². The second-order valence-electron chi connectivity index (χ2n) is 8.10. The first-order valence-electron chi connectivity index (χ1n) is 9.63. The summed E-state index contributed by atoms with van der Waals surface area (Å²) in [5, 5.41) is 5.91. The molecule has 2 unspecified atom stereocenters. The van der Waals surface area contributed by atoms with E-state index in [1.165, 1.54) is 12.8 Å². The number of carbonyl (C=O) groups excluding carboxylic acids is 3. The number of piperidine rings is 1. The molecule has 0 aromatic heterocycles. The van der Waals surface area contributed by atoms with Crippen LogP contribution in [0.3, 0.4) is 0 Å². The van der Waals surface area contributed by atoms with E-state index in [-0.39, 0.29) is 29.7 Å². The highest BCUT2D eigenvalue weighted by Crippen LogP contribution is 2.39. The van der Waals surface area contributed by atoms with Gasteiger partial charge in [-0.1, -0.05) is 18.2 Å². The highest BCUT2D eigenvalue weighted by Gasteiger charge is 2.42. The molecule has 3 aliphatic rings. The molecule has 1 aromatic rings. The van der Waals surface area contributed by atoms with Crippen LogP contribution in [0.2, 0.25) is 0 Å². The molecule has 3 amide bonds. The standard InChI is InChI=1S/C20H26N4O3/c1-20(11-21,14-5-6-14)22-9-12-3-2-4-13-10-24(19(27)17(12)13)15-7-8-16(25)23-18(15)26/h2-4,14-15,22H,5-11,21H2,1H3,(H,23,25,26). The zero-order valence-corrected chi connectivity index (χ0v) is 15.6. The molecule has 2 fully saturated rings. The topological polar surface area (TPSA) is 105 Å². The quantitative estimate of drug-likeness (QED) is 0.638. The number of rotatable bonds is 6. The third kappa shape index (κ3) is 3.26. The minimum Gasteiger partial charge on any atom is -0.329 e. The van der Waals surface area contributed by atoms with Crippen LogP contribution in [0.25, 0.3) is 0 Å². The van der Waals surface area contributed by atoms with Gasteiger partial charge in [-0.15, -0.1) is 0 Å². The van der Waals surface area contributed by atoms with Crippen LogP contribution in [0.4, 0.5) is 0 Å². The Morgan fingerprint density at radius 3 is 2.70 bits per heavy atom. The molecule has 2 atom stereocenters. The Morgan fingerprint density at radius 1 is 1.26 bits per heavy atom. The third-order valence-electron chi connectivity index (χ3n) is 6.22. The van der Waals surface area contributed by atoms with Gasteiger partial charge in [0.25, 0.3) is 5.91 Å². The minimum atomic E-state index is -0.579. The fraction of sp³-hybridized carbons (Fsp3) is 0.550. The molecule has 1 saturated heterocycles. The van der Waals surface area contributed by atoms with E-state index in [0.29, 0.717) is 37.5 Å². The Morgan fingerprint density at radius 2 is 2.04 bits per heavy atom. The maximum atomic E-state index is 13.1. The lowest BCUT2D eigenvalue weighted by Crippen LogP contribution is -2.52. The summed E-state index contributed by atoms with van der Waals surface area (Å²) in [5.41, 5.74) is 8.43. The number of nitrogens with zero attached hydrogens (tertiary/aromatic N) is 1. The maximum Gasteiger partial charge on any atom is 0.255 e. The van der Waals surface area contributed by atoms with E-state index in [9.17, 15) is 14.4 Å². The first-order valence-corrected chi connectivity index (χ1v) is 9.63. The van der Waals surface area contributed by atoms with E-state index in [1.807, 2.05) is 18.2 Å². The second kappa shape index (κ2) is 6.73. The molecule has 27 heavy (non-hydrogen) atoms. The average Bonchev–Trinajstić information content (AvgIpc) is 3.45. The molecule has 7 heteroatoms. The molecule has 4 N–H and O–H groups in total. The van der Waals surface area contributed by atoms with Crippen LogP contribution >= 0.6 is 0 Å². The fourth-order valence-electron chi connectivity index (χ4n) is 4.24. The van der Waals surface area contributed by atoms with Crippen LogP contribution in [0.5, 0.6) is 0 Å². The molecule has 0 radical (unpaired) electrons. The number of hydrogen-bond acceptors (Lipinski definition) is 5. The van der Waals surface area contributed by atoms with Crippen molar-refractivity contribution in [2.45, 2.75) is 57.3 Å². The number of nitrogens with one attached hydrogen (secondary N) is 2. The Bertz CT molecular complexity index is 804. The molecule has 1 saturated carbocycles. The van der Waals surface area contributed by atoms with Crippen molar-refractivity contribution in [3.05, 3.63) is 34.9 Å². The van der Waals surface area contributed by atoms with Gasteiger partial charge in [-0.05, 0) is 43.2 Å². The maximum absolute atomic E-state index is 13.1. The zero-order chi connectivity index (χ0) is 19.2. The van der Waals surface area contributed by atoms with Gasteiger partial charge in [0.1, 0.15) is 6.04 Å². The molecule has 0 bridgehead atoms. The molecule has 7 nitrogen and oxygen atoms in total. The molecule has 1 aliphatic carbocycles. The van der Waals surface area contributed by atoms with Crippen molar-refractivity contribution >= 4 is 17.7 Å². The number of fused-ring (bicyclic) bond motifs is 1. The van der Waals surface area contributed by atoms with Crippen molar-refractivity contribution in [2.24, 2.45) is 11.7 Å². The normalized spacial score (nSPS) is 24.6. The van der Waals surface area contributed by atoms with Crippen molar-refractivity contribution in [1.29, 1.82) is 0 Å².